The lowest BCUT2D eigenvalue weighted by atomic mass is 9.92. The molecule has 18 heavy (non-hydrogen) atoms. The van der Waals surface area contributed by atoms with E-state index in [4.69, 9.17) is 0 Å². The molecule has 0 spiro atoms. The first-order chi connectivity index (χ1) is 8.10. The summed E-state index contributed by atoms with van der Waals surface area (Å²) < 4.78 is 26.3. The van der Waals surface area contributed by atoms with E-state index in [1.54, 1.807) is 4.31 Å². The predicted molar refractivity (Wildman–Crippen MR) is 79.2 cm³/mol. The zero-order chi connectivity index (χ0) is 14.4. The van der Waals surface area contributed by atoms with Crippen molar-refractivity contribution in [3.05, 3.63) is 0 Å². The van der Waals surface area contributed by atoms with E-state index in [1.807, 2.05) is 13.8 Å². The van der Waals surface area contributed by atoms with Crippen LogP contribution >= 0.6 is 0 Å². The van der Waals surface area contributed by atoms with Crippen molar-refractivity contribution in [3.8, 4) is 0 Å². The highest BCUT2D eigenvalue weighted by atomic mass is 32.2. The molecule has 0 aromatic rings. The molecule has 0 aromatic heterocycles. The van der Waals surface area contributed by atoms with Gasteiger partial charge in [0, 0.05) is 12.6 Å². The van der Waals surface area contributed by atoms with Gasteiger partial charge in [-0.05, 0) is 32.1 Å². The third-order valence-electron chi connectivity index (χ3n) is 3.02. The second-order valence-corrected chi connectivity index (χ2v) is 8.58. The van der Waals surface area contributed by atoms with E-state index in [0.29, 0.717) is 12.3 Å². The van der Waals surface area contributed by atoms with Crippen LogP contribution in [-0.2, 0) is 10.0 Å². The molecule has 0 saturated carbocycles. The van der Waals surface area contributed by atoms with E-state index in [1.165, 1.54) is 0 Å². The van der Waals surface area contributed by atoms with Crippen LogP contribution < -0.4 is 0 Å². The number of rotatable bonds is 8. The van der Waals surface area contributed by atoms with Gasteiger partial charge in [-0.2, -0.15) is 4.31 Å². The Morgan fingerprint density at radius 1 is 1.11 bits per heavy atom. The quantitative estimate of drug-likeness (QED) is 0.635. The van der Waals surface area contributed by atoms with Gasteiger partial charge < -0.3 is 0 Å². The molecule has 4 heteroatoms. The van der Waals surface area contributed by atoms with Crippen LogP contribution in [0.5, 0.6) is 0 Å². The van der Waals surface area contributed by atoms with Gasteiger partial charge in [0.25, 0.3) is 0 Å². The number of nitrogens with zero attached hydrogens (tertiary/aromatic N) is 1. The topological polar surface area (TPSA) is 37.4 Å². The molecular weight excluding hydrogens is 246 g/mol. The average molecular weight is 277 g/mol. The van der Waals surface area contributed by atoms with E-state index >= 15 is 0 Å². The molecule has 0 aliphatic rings. The Morgan fingerprint density at radius 2 is 1.67 bits per heavy atom. The van der Waals surface area contributed by atoms with Gasteiger partial charge in [0.1, 0.15) is 0 Å². The first kappa shape index (κ1) is 17.9. The summed E-state index contributed by atoms with van der Waals surface area (Å²) in [6.07, 6.45) is 3.72. The predicted octanol–water partition coefficient (Wildman–Crippen LogP) is 3.65. The maximum absolute atomic E-state index is 12.3. The Labute approximate surface area is 114 Å². The van der Waals surface area contributed by atoms with E-state index in [2.05, 4.69) is 27.7 Å². The molecule has 0 fully saturated rings. The van der Waals surface area contributed by atoms with Crippen molar-refractivity contribution in [2.45, 2.75) is 73.3 Å². The van der Waals surface area contributed by atoms with Gasteiger partial charge in [-0.3, -0.25) is 0 Å². The standard InChI is InChI=1S/C14H31NO2S/c1-7-8-9-12-18(16,17)15(13(2)3)11-10-14(4,5)6/h13H,7-12H2,1-6H3. The fourth-order valence-electron chi connectivity index (χ4n) is 1.82. The maximum atomic E-state index is 12.3. The number of unbranched alkanes of at least 4 members (excludes halogenated alkanes) is 2. The SMILES string of the molecule is CCCCCS(=O)(=O)N(CCC(C)(C)C)C(C)C. The molecule has 0 aromatic carbocycles. The van der Waals surface area contributed by atoms with E-state index in [-0.39, 0.29) is 11.5 Å². The average Bonchev–Trinajstić information content (AvgIpc) is 2.14. The number of hydrogen-bond acceptors (Lipinski definition) is 2. The minimum Gasteiger partial charge on any atom is -0.212 e. The second-order valence-electron chi connectivity index (χ2n) is 6.54. The lowest BCUT2D eigenvalue weighted by molar-refractivity contribution is 0.283. The molecule has 0 amide bonds. The van der Waals surface area contributed by atoms with Gasteiger partial charge in [0.05, 0.1) is 5.75 Å². The molecule has 0 saturated heterocycles. The molecule has 0 bridgehead atoms. The fraction of sp³-hybridized carbons (Fsp3) is 1.00. The molecular formula is C14H31NO2S. The van der Waals surface area contributed by atoms with Crippen LogP contribution in [0.25, 0.3) is 0 Å². The van der Waals surface area contributed by atoms with Gasteiger partial charge >= 0.3 is 0 Å². The van der Waals surface area contributed by atoms with Crippen molar-refractivity contribution >= 4 is 10.0 Å². The van der Waals surface area contributed by atoms with Crippen LogP contribution in [0.3, 0.4) is 0 Å². The Bertz CT molecular complexity index is 315. The fourth-order valence-corrected chi connectivity index (χ4v) is 3.63. The van der Waals surface area contributed by atoms with Crippen molar-refractivity contribution in [1.29, 1.82) is 0 Å². The lowest BCUT2D eigenvalue weighted by Crippen LogP contribution is -2.40. The molecule has 0 radical (unpaired) electrons. The molecule has 0 aliphatic heterocycles. The molecule has 0 atom stereocenters. The van der Waals surface area contributed by atoms with Crippen molar-refractivity contribution in [1.82, 2.24) is 4.31 Å². The van der Waals surface area contributed by atoms with Gasteiger partial charge in [0.15, 0.2) is 0 Å². The van der Waals surface area contributed by atoms with E-state index < -0.39 is 10.0 Å². The summed E-state index contributed by atoms with van der Waals surface area (Å²) in [6, 6.07) is 0.0546. The van der Waals surface area contributed by atoms with Gasteiger partial charge in [-0.25, -0.2) is 8.42 Å². The third kappa shape index (κ3) is 7.37. The second kappa shape index (κ2) is 7.49. The Kier molecular flexibility index (Phi) is 7.45. The van der Waals surface area contributed by atoms with Crippen molar-refractivity contribution in [2.75, 3.05) is 12.3 Å². The van der Waals surface area contributed by atoms with Gasteiger partial charge in [-0.1, -0.05) is 40.5 Å². The summed E-state index contributed by atoms with van der Waals surface area (Å²) in [5.41, 5.74) is 0.173. The Balaban J connectivity index is 4.58. The van der Waals surface area contributed by atoms with E-state index in [0.717, 1.165) is 25.7 Å². The molecule has 3 nitrogen and oxygen atoms in total. The normalized spacial score (nSPS) is 13.6. The highest BCUT2D eigenvalue weighted by molar-refractivity contribution is 7.89. The van der Waals surface area contributed by atoms with Crippen LogP contribution in [0, 0.1) is 5.41 Å². The van der Waals surface area contributed by atoms with Gasteiger partial charge in [-0.15, -0.1) is 0 Å². The zero-order valence-electron chi connectivity index (χ0n) is 13.0. The van der Waals surface area contributed by atoms with Crippen LogP contribution in [0.2, 0.25) is 0 Å². The first-order valence-electron chi connectivity index (χ1n) is 7.09. The number of sulfonamides is 1. The largest absolute Gasteiger partial charge is 0.214 e. The van der Waals surface area contributed by atoms with E-state index in [9.17, 15) is 8.42 Å². The van der Waals surface area contributed by atoms with Crippen LogP contribution in [0.4, 0.5) is 0 Å². The smallest absolute Gasteiger partial charge is 0.212 e. The van der Waals surface area contributed by atoms with Gasteiger partial charge in [0.2, 0.25) is 10.0 Å². The van der Waals surface area contributed by atoms with Crippen LogP contribution in [-0.4, -0.2) is 31.1 Å². The minimum absolute atomic E-state index is 0.0546. The summed E-state index contributed by atoms with van der Waals surface area (Å²) in [6.45, 7) is 13.1. The monoisotopic (exact) mass is 277 g/mol. The highest BCUT2D eigenvalue weighted by Gasteiger charge is 2.25. The minimum atomic E-state index is -3.08. The number of hydrogen-bond donors (Lipinski definition) is 0. The summed E-state index contributed by atoms with van der Waals surface area (Å²) in [4.78, 5) is 0. The summed E-state index contributed by atoms with van der Waals surface area (Å²) in [5.74, 6) is 0.295. The van der Waals surface area contributed by atoms with Crippen molar-refractivity contribution in [3.63, 3.8) is 0 Å². The third-order valence-corrected chi connectivity index (χ3v) is 5.14. The maximum Gasteiger partial charge on any atom is 0.214 e. The zero-order valence-corrected chi connectivity index (χ0v) is 13.8. The van der Waals surface area contributed by atoms with Crippen LogP contribution in [0.1, 0.15) is 67.2 Å². The van der Waals surface area contributed by atoms with Crippen molar-refractivity contribution < 1.29 is 8.42 Å². The molecule has 0 heterocycles. The van der Waals surface area contributed by atoms with Crippen molar-refractivity contribution in [2.24, 2.45) is 5.41 Å². The Hall–Kier alpha value is -0.0900. The summed E-state index contributed by atoms with van der Waals surface area (Å²) >= 11 is 0. The molecule has 0 unspecified atom stereocenters. The summed E-state index contributed by atoms with van der Waals surface area (Å²) in [7, 11) is -3.08. The lowest BCUT2D eigenvalue weighted by Gasteiger charge is -2.29. The molecule has 0 aliphatic carbocycles. The van der Waals surface area contributed by atoms with Crippen LogP contribution in [0.15, 0.2) is 0 Å². The Morgan fingerprint density at radius 3 is 2.06 bits per heavy atom. The molecule has 0 N–H and O–H groups in total. The highest BCUT2D eigenvalue weighted by Crippen LogP contribution is 2.21. The first-order valence-corrected chi connectivity index (χ1v) is 8.70. The summed E-state index contributed by atoms with van der Waals surface area (Å²) in [5, 5.41) is 0. The molecule has 110 valence electrons. The molecule has 0 rings (SSSR count).